The Labute approximate surface area is 223 Å². The van der Waals surface area contributed by atoms with Crippen molar-refractivity contribution in [3.05, 3.63) is 53.6 Å². The van der Waals surface area contributed by atoms with Gasteiger partial charge in [-0.3, -0.25) is 9.59 Å². The Kier molecular flexibility index (Phi) is 11.4. The standard InChI is InChI=1S/C27H37N5O6/c1-18-9-6-7-10-21(18)29-26(36)30-22-12-11-20(15-23(22)38-5)16-24(33)31(3)13-8-14-32(4)27(37)28-17-19(2)25(34)35/h6-7,9-12,15,19H,8,13-14,16-17H2,1-5H3,(H,28,37)(H,34,35)(H2,29,30,36). The predicted octanol–water partition coefficient (Wildman–Crippen LogP) is 3.40. The van der Waals surface area contributed by atoms with Crippen LogP contribution in [-0.2, 0) is 16.0 Å². The van der Waals surface area contributed by atoms with Crippen LogP contribution in [0.15, 0.2) is 42.5 Å². The molecule has 0 fully saturated rings. The van der Waals surface area contributed by atoms with E-state index in [0.29, 0.717) is 36.6 Å². The Morgan fingerprint density at radius 1 is 0.974 bits per heavy atom. The topological polar surface area (TPSA) is 140 Å². The van der Waals surface area contributed by atoms with Crippen molar-refractivity contribution in [1.82, 2.24) is 15.1 Å². The molecule has 2 aromatic carbocycles. The van der Waals surface area contributed by atoms with E-state index in [2.05, 4.69) is 16.0 Å². The summed E-state index contributed by atoms with van der Waals surface area (Å²) in [6.07, 6.45) is 0.703. The summed E-state index contributed by atoms with van der Waals surface area (Å²) in [5, 5.41) is 17.1. The van der Waals surface area contributed by atoms with Gasteiger partial charge in [0.1, 0.15) is 5.75 Å². The number of aliphatic carboxylic acids is 1. The average Bonchev–Trinajstić information content (AvgIpc) is 2.88. The molecule has 11 nitrogen and oxygen atoms in total. The molecular weight excluding hydrogens is 490 g/mol. The zero-order valence-corrected chi connectivity index (χ0v) is 22.5. The summed E-state index contributed by atoms with van der Waals surface area (Å²) < 4.78 is 5.42. The normalized spacial score (nSPS) is 11.2. The second-order valence-corrected chi connectivity index (χ2v) is 9.12. The van der Waals surface area contributed by atoms with Crippen LogP contribution >= 0.6 is 0 Å². The van der Waals surface area contributed by atoms with Gasteiger partial charge >= 0.3 is 18.0 Å². The predicted molar refractivity (Wildman–Crippen MR) is 146 cm³/mol. The highest BCUT2D eigenvalue weighted by molar-refractivity contribution is 6.01. The number of ether oxygens (including phenoxy) is 1. The number of amides is 5. The summed E-state index contributed by atoms with van der Waals surface area (Å²) in [7, 11) is 4.80. The molecule has 0 saturated carbocycles. The maximum Gasteiger partial charge on any atom is 0.323 e. The van der Waals surface area contributed by atoms with Crippen LogP contribution in [0.25, 0.3) is 0 Å². The molecule has 11 heteroatoms. The second kappa shape index (κ2) is 14.5. The molecule has 1 unspecified atom stereocenters. The van der Waals surface area contributed by atoms with E-state index in [0.717, 1.165) is 11.1 Å². The maximum atomic E-state index is 12.7. The molecule has 0 saturated heterocycles. The van der Waals surface area contributed by atoms with E-state index in [-0.39, 0.29) is 24.9 Å². The number of urea groups is 2. The minimum Gasteiger partial charge on any atom is -0.495 e. The van der Waals surface area contributed by atoms with Crippen molar-refractivity contribution in [3.8, 4) is 5.75 Å². The quantitative estimate of drug-likeness (QED) is 0.334. The first-order valence-electron chi connectivity index (χ1n) is 12.3. The third-order valence-electron chi connectivity index (χ3n) is 6.00. The van der Waals surface area contributed by atoms with E-state index in [1.807, 2.05) is 31.2 Å². The number of carboxylic acids is 1. The van der Waals surface area contributed by atoms with Crippen molar-refractivity contribution >= 4 is 35.3 Å². The number of hydrogen-bond acceptors (Lipinski definition) is 5. The van der Waals surface area contributed by atoms with E-state index < -0.39 is 17.9 Å². The number of likely N-dealkylation sites (N-methyl/N-ethyl adjacent to an activating group) is 1. The van der Waals surface area contributed by atoms with Crippen LogP contribution in [0.5, 0.6) is 5.75 Å². The van der Waals surface area contributed by atoms with Crippen LogP contribution < -0.4 is 20.7 Å². The lowest BCUT2D eigenvalue weighted by atomic mass is 10.1. The van der Waals surface area contributed by atoms with Gasteiger partial charge in [-0.05, 0) is 42.7 Å². The van der Waals surface area contributed by atoms with Gasteiger partial charge in [0, 0.05) is 39.4 Å². The summed E-state index contributed by atoms with van der Waals surface area (Å²) in [6, 6.07) is 11.8. The average molecular weight is 528 g/mol. The molecule has 5 amide bonds. The minimum absolute atomic E-state index is 0.0477. The molecule has 206 valence electrons. The summed E-state index contributed by atoms with van der Waals surface area (Å²) >= 11 is 0. The van der Waals surface area contributed by atoms with Crippen LogP contribution in [0.4, 0.5) is 21.0 Å². The number of para-hydroxylation sites is 1. The molecular formula is C27H37N5O6. The highest BCUT2D eigenvalue weighted by atomic mass is 16.5. The SMILES string of the molecule is COc1cc(CC(=O)N(C)CCCN(C)C(=O)NCC(C)C(=O)O)ccc1NC(=O)Nc1ccccc1C. The van der Waals surface area contributed by atoms with Crippen molar-refractivity contribution in [2.24, 2.45) is 5.92 Å². The Morgan fingerprint density at radius 3 is 2.29 bits per heavy atom. The first-order chi connectivity index (χ1) is 18.0. The number of carbonyl (C=O) groups excluding carboxylic acids is 3. The molecule has 0 heterocycles. The Hall–Kier alpha value is -4.28. The number of hydrogen-bond donors (Lipinski definition) is 4. The van der Waals surface area contributed by atoms with Crippen molar-refractivity contribution in [2.75, 3.05) is 51.5 Å². The highest BCUT2D eigenvalue weighted by Crippen LogP contribution is 2.26. The minimum atomic E-state index is -0.972. The summed E-state index contributed by atoms with van der Waals surface area (Å²) in [6.45, 7) is 4.32. The largest absolute Gasteiger partial charge is 0.495 e. The number of anilines is 2. The van der Waals surface area contributed by atoms with Gasteiger partial charge in [-0.15, -0.1) is 0 Å². The van der Waals surface area contributed by atoms with Gasteiger partial charge in [-0.2, -0.15) is 0 Å². The molecule has 0 aliphatic rings. The molecule has 0 bridgehead atoms. The monoisotopic (exact) mass is 527 g/mol. The molecule has 0 spiro atoms. The number of benzene rings is 2. The van der Waals surface area contributed by atoms with Gasteiger partial charge in [-0.25, -0.2) is 9.59 Å². The number of aryl methyl sites for hydroxylation is 1. The van der Waals surface area contributed by atoms with Gasteiger partial charge < -0.3 is 35.6 Å². The lowest BCUT2D eigenvalue weighted by Gasteiger charge is -2.22. The van der Waals surface area contributed by atoms with Gasteiger partial charge in [0.25, 0.3) is 0 Å². The van der Waals surface area contributed by atoms with Crippen molar-refractivity contribution in [2.45, 2.75) is 26.7 Å². The Balaban J connectivity index is 1.84. The molecule has 2 rings (SSSR count). The van der Waals surface area contributed by atoms with Crippen LogP contribution in [0, 0.1) is 12.8 Å². The molecule has 0 aromatic heterocycles. The summed E-state index contributed by atoms with van der Waals surface area (Å²) in [4.78, 5) is 51.2. The Morgan fingerprint density at radius 2 is 1.63 bits per heavy atom. The van der Waals surface area contributed by atoms with Gasteiger partial charge in [0.2, 0.25) is 5.91 Å². The number of carbonyl (C=O) groups is 4. The number of methoxy groups -OCH3 is 1. The van der Waals surface area contributed by atoms with Crippen LogP contribution in [-0.4, -0.2) is 79.7 Å². The van der Waals surface area contributed by atoms with Crippen molar-refractivity contribution in [3.63, 3.8) is 0 Å². The van der Waals surface area contributed by atoms with E-state index in [4.69, 9.17) is 9.84 Å². The van der Waals surface area contributed by atoms with Gasteiger partial charge in [0.05, 0.1) is 25.1 Å². The van der Waals surface area contributed by atoms with Gasteiger partial charge in [-0.1, -0.05) is 31.2 Å². The fourth-order valence-corrected chi connectivity index (χ4v) is 3.48. The van der Waals surface area contributed by atoms with Crippen LogP contribution in [0.1, 0.15) is 24.5 Å². The lowest BCUT2D eigenvalue weighted by molar-refractivity contribution is -0.140. The number of nitrogens with one attached hydrogen (secondary N) is 3. The molecule has 4 N–H and O–H groups in total. The fourth-order valence-electron chi connectivity index (χ4n) is 3.48. The molecule has 0 aliphatic carbocycles. The van der Waals surface area contributed by atoms with E-state index in [9.17, 15) is 19.2 Å². The summed E-state index contributed by atoms with van der Waals surface area (Å²) in [5.74, 6) is -1.31. The molecule has 1 atom stereocenters. The number of carboxylic acid groups (broad SMARTS) is 1. The zero-order chi connectivity index (χ0) is 28.2. The van der Waals surface area contributed by atoms with Crippen molar-refractivity contribution < 1.29 is 29.0 Å². The Bertz CT molecular complexity index is 1140. The lowest BCUT2D eigenvalue weighted by Crippen LogP contribution is -2.41. The highest BCUT2D eigenvalue weighted by Gasteiger charge is 2.16. The van der Waals surface area contributed by atoms with Crippen molar-refractivity contribution in [1.29, 1.82) is 0 Å². The number of rotatable bonds is 12. The second-order valence-electron chi connectivity index (χ2n) is 9.12. The smallest absolute Gasteiger partial charge is 0.323 e. The molecule has 0 radical (unpaired) electrons. The molecule has 38 heavy (non-hydrogen) atoms. The zero-order valence-electron chi connectivity index (χ0n) is 22.5. The first kappa shape index (κ1) is 29.9. The van der Waals surface area contributed by atoms with E-state index in [1.54, 1.807) is 37.2 Å². The molecule has 0 aliphatic heterocycles. The fraction of sp³-hybridized carbons (Fsp3) is 0.407. The van der Waals surface area contributed by atoms with Crippen LogP contribution in [0.3, 0.4) is 0 Å². The number of nitrogens with zero attached hydrogens (tertiary/aromatic N) is 2. The summed E-state index contributed by atoms with van der Waals surface area (Å²) in [5.41, 5.74) is 2.84. The van der Waals surface area contributed by atoms with Gasteiger partial charge in [0.15, 0.2) is 0 Å². The third-order valence-corrected chi connectivity index (χ3v) is 6.00. The van der Waals surface area contributed by atoms with E-state index in [1.165, 1.54) is 18.9 Å². The maximum absolute atomic E-state index is 12.7. The van der Waals surface area contributed by atoms with E-state index >= 15 is 0 Å². The first-order valence-corrected chi connectivity index (χ1v) is 12.3. The van der Waals surface area contributed by atoms with Crippen LogP contribution in [0.2, 0.25) is 0 Å². The molecule has 2 aromatic rings. The third kappa shape index (κ3) is 9.30.